The minimum atomic E-state index is -0.151. The number of thioether (sulfide) groups is 1. The Hall–Kier alpha value is -3.71. The second-order valence-corrected chi connectivity index (χ2v) is 9.19. The van der Waals surface area contributed by atoms with E-state index in [1.165, 1.54) is 11.8 Å². The van der Waals surface area contributed by atoms with E-state index < -0.39 is 0 Å². The molecule has 0 unspecified atom stereocenters. The summed E-state index contributed by atoms with van der Waals surface area (Å²) >= 11 is 1.42. The number of hydrogen-bond acceptors (Lipinski definition) is 5. The van der Waals surface area contributed by atoms with Gasteiger partial charge in [0.1, 0.15) is 5.75 Å². The number of fused-ring (bicyclic) bond motifs is 1. The zero-order chi connectivity index (χ0) is 24.8. The fraction of sp³-hybridized carbons (Fsp3) is 0.214. The quantitative estimate of drug-likeness (QED) is 0.450. The van der Waals surface area contributed by atoms with Gasteiger partial charge in [-0.3, -0.25) is 9.59 Å². The van der Waals surface area contributed by atoms with Crippen LogP contribution in [0.25, 0.3) is 6.08 Å². The first-order valence-corrected chi connectivity index (χ1v) is 12.4. The lowest BCUT2D eigenvalue weighted by atomic mass is 10.1. The summed E-state index contributed by atoms with van der Waals surface area (Å²) in [5.41, 5.74) is 3.33. The van der Waals surface area contributed by atoms with Gasteiger partial charge in [-0.05, 0) is 61.0 Å². The average Bonchev–Trinajstić information content (AvgIpc) is 2.90. The number of carbonyl (C=O) groups is 2. The zero-order valence-electron chi connectivity index (χ0n) is 20.2. The van der Waals surface area contributed by atoms with Crippen molar-refractivity contribution in [2.24, 2.45) is 0 Å². The largest absolute Gasteiger partial charge is 0.497 e. The van der Waals surface area contributed by atoms with Gasteiger partial charge in [-0.2, -0.15) is 0 Å². The van der Waals surface area contributed by atoms with Gasteiger partial charge < -0.3 is 19.9 Å². The first-order valence-electron chi connectivity index (χ1n) is 11.5. The van der Waals surface area contributed by atoms with Gasteiger partial charge in [-0.15, -0.1) is 0 Å². The van der Waals surface area contributed by atoms with Crippen LogP contribution < -0.4 is 19.9 Å². The summed E-state index contributed by atoms with van der Waals surface area (Å²) in [4.78, 5) is 31.2. The van der Waals surface area contributed by atoms with Crippen LogP contribution in [0.5, 0.6) is 5.75 Å². The van der Waals surface area contributed by atoms with Gasteiger partial charge in [-0.25, -0.2) is 0 Å². The Labute approximate surface area is 210 Å². The molecule has 0 saturated heterocycles. The Balaban J connectivity index is 1.43. The van der Waals surface area contributed by atoms with Gasteiger partial charge in [0, 0.05) is 42.8 Å². The Kier molecular flexibility index (Phi) is 7.77. The Bertz CT molecular complexity index is 1230. The first-order chi connectivity index (χ1) is 17.0. The molecule has 1 N–H and O–H groups in total. The number of ether oxygens (including phenoxy) is 1. The van der Waals surface area contributed by atoms with Crippen LogP contribution in [0.1, 0.15) is 22.8 Å². The molecule has 7 heteroatoms. The highest BCUT2D eigenvalue weighted by atomic mass is 32.2. The molecule has 0 bridgehead atoms. The molecule has 6 nitrogen and oxygen atoms in total. The Morgan fingerprint density at radius 3 is 2.51 bits per heavy atom. The second kappa shape index (κ2) is 11.1. The normalized spacial score (nSPS) is 14.0. The standard InChI is InChI=1S/C28H29N3O3S/c1-4-31(22-8-6-5-7-9-22)17-16-29-27(32)21-12-15-25-24(19-21)30(2)28(33)26(35-25)18-20-10-13-23(34-3)14-11-20/h5-15,18-19H,4,16-17H2,1-3H3,(H,29,32)/b26-18-. The average molecular weight is 488 g/mol. The fourth-order valence-corrected chi connectivity index (χ4v) is 4.99. The molecule has 0 spiro atoms. The third-order valence-corrected chi connectivity index (χ3v) is 6.98. The monoisotopic (exact) mass is 487 g/mol. The summed E-state index contributed by atoms with van der Waals surface area (Å²) in [5, 5.41) is 3.00. The Morgan fingerprint density at radius 2 is 1.83 bits per heavy atom. The summed E-state index contributed by atoms with van der Waals surface area (Å²) in [5.74, 6) is 0.519. The van der Waals surface area contributed by atoms with Crippen molar-refractivity contribution < 1.29 is 14.3 Å². The van der Waals surface area contributed by atoms with Crippen molar-refractivity contribution in [2.75, 3.05) is 43.6 Å². The number of likely N-dealkylation sites (N-methyl/N-ethyl adjacent to an activating group) is 2. The molecule has 1 aliphatic rings. The number of hydrogen-bond donors (Lipinski definition) is 1. The van der Waals surface area contributed by atoms with Crippen molar-refractivity contribution in [3.8, 4) is 5.75 Å². The van der Waals surface area contributed by atoms with Gasteiger partial charge in [-0.1, -0.05) is 42.1 Å². The number of para-hydroxylation sites is 1. The van der Waals surface area contributed by atoms with E-state index in [-0.39, 0.29) is 11.8 Å². The van der Waals surface area contributed by atoms with Crippen LogP contribution in [-0.4, -0.2) is 45.6 Å². The molecule has 35 heavy (non-hydrogen) atoms. The van der Waals surface area contributed by atoms with E-state index in [0.717, 1.165) is 34.1 Å². The first kappa shape index (κ1) is 24.4. The van der Waals surface area contributed by atoms with Crippen LogP contribution in [0.2, 0.25) is 0 Å². The van der Waals surface area contributed by atoms with Crippen LogP contribution in [0, 0.1) is 0 Å². The zero-order valence-corrected chi connectivity index (χ0v) is 21.0. The van der Waals surface area contributed by atoms with Gasteiger partial charge in [0.15, 0.2) is 0 Å². The maximum Gasteiger partial charge on any atom is 0.264 e. The predicted molar refractivity (Wildman–Crippen MR) is 143 cm³/mol. The third-order valence-electron chi connectivity index (χ3n) is 5.90. The highest BCUT2D eigenvalue weighted by Crippen LogP contribution is 2.42. The van der Waals surface area contributed by atoms with Crippen molar-refractivity contribution in [2.45, 2.75) is 11.8 Å². The molecule has 0 fully saturated rings. The lowest BCUT2D eigenvalue weighted by molar-refractivity contribution is -0.114. The van der Waals surface area contributed by atoms with Crippen molar-refractivity contribution >= 4 is 41.0 Å². The maximum atomic E-state index is 13.0. The molecule has 2 amide bonds. The number of anilines is 2. The molecule has 4 rings (SSSR count). The molecule has 3 aromatic rings. The van der Waals surface area contributed by atoms with Gasteiger partial charge in [0.25, 0.3) is 11.8 Å². The lowest BCUT2D eigenvalue weighted by Gasteiger charge is -2.27. The molecule has 0 saturated carbocycles. The topological polar surface area (TPSA) is 61.9 Å². The third kappa shape index (κ3) is 5.69. The van der Waals surface area contributed by atoms with Gasteiger partial charge in [0.05, 0.1) is 17.7 Å². The minimum Gasteiger partial charge on any atom is -0.497 e. The van der Waals surface area contributed by atoms with Crippen LogP contribution >= 0.6 is 11.8 Å². The van der Waals surface area contributed by atoms with Crippen molar-refractivity contribution in [1.29, 1.82) is 0 Å². The van der Waals surface area contributed by atoms with E-state index in [2.05, 4.69) is 29.3 Å². The number of nitrogens with zero attached hydrogens (tertiary/aromatic N) is 2. The Morgan fingerprint density at radius 1 is 1.09 bits per heavy atom. The smallest absolute Gasteiger partial charge is 0.264 e. The molecule has 1 aliphatic heterocycles. The molecule has 1 heterocycles. The molecule has 0 aliphatic carbocycles. The van der Waals surface area contributed by atoms with Gasteiger partial charge in [0.2, 0.25) is 0 Å². The van der Waals surface area contributed by atoms with E-state index in [9.17, 15) is 9.59 Å². The summed E-state index contributed by atoms with van der Waals surface area (Å²) < 4.78 is 5.20. The molecule has 3 aromatic carbocycles. The maximum absolute atomic E-state index is 13.0. The van der Waals surface area contributed by atoms with Crippen LogP contribution in [0.4, 0.5) is 11.4 Å². The van der Waals surface area contributed by atoms with Crippen LogP contribution in [0.3, 0.4) is 0 Å². The van der Waals surface area contributed by atoms with Crippen LogP contribution in [0.15, 0.2) is 82.6 Å². The molecule has 0 aromatic heterocycles. The van der Waals surface area contributed by atoms with Crippen LogP contribution in [-0.2, 0) is 4.79 Å². The van der Waals surface area contributed by atoms with Crippen molar-refractivity contribution in [1.82, 2.24) is 5.32 Å². The highest BCUT2D eigenvalue weighted by molar-refractivity contribution is 8.04. The number of rotatable bonds is 8. The molecule has 180 valence electrons. The number of carbonyl (C=O) groups excluding carboxylic acids is 2. The van der Waals surface area contributed by atoms with E-state index in [4.69, 9.17) is 4.74 Å². The molecule has 0 atom stereocenters. The van der Waals surface area contributed by atoms with Gasteiger partial charge >= 0.3 is 0 Å². The summed E-state index contributed by atoms with van der Waals surface area (Å²) in [6, 6.07) is 23.2. The fourth-order valence-electron chi connectivity index (χ4n) is 3.90. The number of nitrogens with one attached hydrogen (secondary N) is 1. The van der Waals surface area contributed by atoms with Crippen molar-refractivity contribution in [3.63, 3.8) is 0 Å². The molecular weight excluding hydrogens is 458 g/mol. The second-order valence-electron chi connectivity index (χ2n) is 8.10. The molecule has 0 radical (unpaired) electrons. The van der Waals surface area contributed by atoms with Crippen molar-refractivity contribution in [3.05, 3.63) is 88.8 Å². The predicted octanol–water partition coefficient (Wildman–Crippen LogP) is 5.06. The number of benzene rings is 3. The lowest BCUT2D eigenvalue weighted by Crippen LogP contribution is -2.35. The van der Waals surface area contributed by atoms with E-state index in [1.807, 2.05) is 60.7 Å². The number of amides is 2. The van der Waals surface area contributed by atoms with E-state index in [1.54, 1.807) is 25.1 Å². The highest BCUT2D eigenvalue weighted by Gasteiger charge is 2.27. The minimum absolute atomic E-state index is 0.0997. The SMILES string of the molecule is CCN(CCNC(=O)c1ccc2c(c1)N(C)C(=O)/C(=C/c1ccc(OC)cc1)S2)c1ccccc1. The van der Waals surface area contributed by atoms with E-state index in [0.29, 0.717) is 23.6 Å². The summed E-state index contributed by atoms with van der Waals surface area (Å²) in [6.07, 6.45) is 1.87. The molecular formula is C28H29N3O3S. The number of methoxy groups -OCH3 is 1. The van der Waals surface area contributed by atoms with E-state index >= 15 is 0 Å². The summed E-state index contributed by atoms with van der Waals surface area (Å²) in [7, 11) is 3.36. The summed E-state index contributed by atoms with van der Waals surface area (Å²) in [6.45, 7) is 4.19.